The van der Waals surface area contributed by atoms with E-state index >= 15 is 0 Å². The highest BCUT2D eigenvalue weighted by molar-refractivity contribution is 5.81. The molecule has 0 spiro atoms. The van der Waals surface area contributed by atoms with Crippen molar-refractivity contribution in [2.45, 2.75) is 0 Å². The van der Waals surface area contributed by atoms with Crippen molar-refractivity contribution in [1.29, 1.82) is 0 Å². The van der Waals surface area contributed by atoms with Gasteiger partial charge in [-0.25, -0.2) is 14.4 Å². The summed E-state index contributed by atoms with van der Waals surface area (Å²) in [5.41, 5.74) is 0. The summed E-state index contributed by atoms with van der Waals surface area (Å²) >= 11 is 0. The van der Waals surface area contributed by atoms with Crippen LogP contribution in [-0.2, 0) is 33.3 Å². The summed E-state index contributed by atoms with van der Waals surface area (Å²) < 4.78 is 20.7. The number of ether oxygens (including phenoxy) is 4. The lowest BCUT2D eigenvalue weighted by Gasteiger charge is -2.38. The molecule has 0 aliphatic carbocycles. The highest BCUT2D eigenvalue weighted by Crippen LogP contribution is 2.08. The molecule has 0 aromatic heterocycles. The van der Waals surface area contributed by atoms with Crippen LogP contribution in [0.1, 0.15) is 0 Å². The van der Waals surface area contributed by atoms with Gasteiger partial charge in [-0.3, -0.25) is 0 Å². The molecule has 0 saturated heterocycles. The molecule has 0 aliphatic rings. The van der Waals surface area contributed by atoms with Gasteiger partial charge in [0.25, 0.3) is 0 Å². The van der Waals surface area contributed by atoms with Crippen molar-refractivity contribution in [3.8, 4) is 0 Å². The molecule has 0 saturated carbocycles. The predicted octanol–water partition coefficient (Wildman–Crippen LogP) is 0.637. The van der Waals surface area contributed by atoms with Gasteiger partial charge >= 0.3 is 17.9 Å². The first-order chi connectivity index (χ1) is 12.4. The Morgan fingerprint density at radius 2 is 1.00 bits per heavy atom. The second kappa shape index (κ2) is 13.8. The molecule has 0 bridgehead atoms. The fraction of sp³-hybridized carbons (Fsp3) is 0.500. The van der Waals surface area contributed by atoms with Crippen LogP contribution in [0, 0.1) is 0 Å². The van der Waals surface area contributed by atoms with Crippen LogP contribution in [0.2, 0.25) is 0 Å². The molecular formula is C18H28NO7+. The van der Waals surface area contributed by atoms with Gasteiger partial charge in [0.15, 0.2) is 0 Å². The fourth-order valence-electron chi connectivity index (χ4n) is 2.15. The molecular weight excluding hydrogens is 342 g/mol. The van der Waals surface area contributed by atoms with E-state index in [-0.39, 0.29) is 19.8 Å². The molecule has 26 heavy (non-hydrogen) atoms. The van der Waals surface area contributed by atoms with E-state index in [9.17, 15) is 14.4 Å². The highest BCUT2D eigenvalue weighted by atomic mass is 16.5. The number of rotatable bonds is 15. The van der Waals surface area contributed by atoms with Crippen molar-refractivity contribution in [1.82, 2.24) is 0 Å². The topological polar surface area (TPSA) is 88.1 Å². The summed E-state index contributed by atoms with van der Waals surface area (Å²) in [6.45, 7) is 12.7. The van der Waals surface area contributed by atoms with Crippen molar-refractivity contribution < 1.29 is 37.8 Å². The maximum atomic E-state index is 11.3. The van der Waals surface area contributed by atoms with Gasteiger partial charge in [0.2, 0.25) is 0 Å². The lowest BCUT2D eigenvalue weighted by Crippen LogP contribution is -2.55. The third kappa shape index (κ3) is 10.4. The molecule has 8 nitrogen and oxygen atoms in total. The first-order valence-electron chi connectivity index (χ1n) is 8.14. The summed E-state index contributed by atoms with van der Waals surface area (Å²) in [5, 5.41) is 0. The van der Waals surface area contributed by atoms with E-state index in [1.807, 2.05) is 0 Å². The lowest BCUT2D eigenvalue weighted by molar-refractivity contribution is -0.928. The zero-order valence-corrected chi connectivity index (χ0v) is 15.3. The van der Waals surface area contributed by atoms with Crippen molar-refractivity contribution >= 4 is 17.9 Å². The molecule has 0 rings (SSSR count). The Balaban J connectivity index is 4.98. The summed E-state index contributed by atoms with van der Waals surface area (Å²) in [6, 6.07) is 0. The molecule has 0 aromatic rings. The number of carbonyl (C=O) groups is 3. The van der Waals surface area contributed by atoms with Crippen LogP contribution in [-0.4, -0.2) is 82.1 Å². The van der Waals surface area contributed by atoms with Gasteiger partial charge in [0.05, 0.1) is 6.61 Å². The molecule has 0 atom stereocenters. The Bertz CT molecular complexity index is 437. The van der Waals surface area contributed by atoms with E-state index in [4.69, 9.17) is 18.9 Å². The van der Waals surface area contributed by atoms with Crippen LogP contribution in [0.15, 0.2) is 38.0 Å². The summed E-state index contributed by atoms with van der Waals surface area (Å²) in [5.74, 6) is -1.57. The van der Waals surface area contributed by atoms with Gasteiger partial charge in [-0.2, -0.15) is 0 Å². The molecule has 0 aromatic carbocycles. The Morgan fingerprint density at radius 3 is 1.27 bits per heavy atom. The largest absolute Gasteiger partial charge is 0.457 e. The van der Waals surface area contributed by atoms with E-state index in [1.165, 1.54) is 0 Å². The average molecular weight is 370 g/mol. The minimum absolute atomic E-state index is 0.138. The van der Waals surface area contributed by atoms with Gasteiger partial charge in [-0.05, 0) is 0 Å². The number of hydrogen-bond donors (Lipinski definition) is 0. The Labute approximate surface area is 154 Å². The standard InChI is InChI=1S/C18H28NO7/c1-5-16(20)24-13-9-19(8-12-23-4,10-14-25-17(21)6-2)11-15-26-18(22)7-3/h5-7H,1-3,8-15H2,4H3/q+1. The average Bonchev–Trinajstić information content (AvgIpc) is 2.65. The number of hydrogen-bond acceptors (Lipinski definition) is 7. The molecule has 0 amide bonds. The number of quaternary nitrogens is 1. The third-order valence-corrected chi connectivity index (χ3v) is 3.70. The van der Waals surface area contributed by atoms with Gasteiger partial charge in [-0.15, -0.1) is 0 Å². The lowest BCUT2D eigenvalue weighted by atomic mass is 10.3. The predicted molar refractivity (Wildman–Crippen MR) is 95.1 cm³/mol. The van der Waals surface area contributed by atoms with Crippen LogP contribution in [0.3, 0.4) is 0 Å². The molecule has 0 N–H and O–H groups in total. The van der Waals surface area contributed by atoms with Gasteiger partial charge in [0.1, 0.15) is 46.0 Å². The van der Waals surface area contributed by atoms with Crippen LogP contribution in [0.5, 0.6) is 0 Å². The van der Waals surface area contributed by atoms with Gasteiger partial charge in [-0.1, -0.05) is 19.7 Å². The first-order valence-corrected chi connectivity index (χ1v) is 8.14. The minimum atomic E-state index is -0.522. The smallest absolute Gasteiger partial charge is 0.330 e. The molecule has 146 valence electrons. The quantitative estimate of drug-likeness (QED) is 0.181. The maximum Gasteiger partial charge on any atom is 0.330 e. The van der Waals surface area contributed by atoms with E-state index in [1.54, 1.807) is 7.11 Å². The minimum Gasteiger partial charge on any atom is -0.457 e. The Hall–Kier alpha value is -2.45. The summed E-state index contributed by atoms with van der Waals surface area (Å²) in [4.78, 5) is 33.8. The summed E-state index contributed by atoms with van der Waals surface area (Å²) in [7, 11) is 1.57. The van der Waals surface area contributed by atoms with Crippen LogP contribution >= 0.6 is 0 Å². The van der Waals surface area contributed by atoms with Crippen molar-refractivity contribution in [2.24, 2.45) is 0 Å². The molecule has 0 radical (unpaired) electrons. The Kier molecular flexibility index (Phi) is 12.5. The number of methoxy groups -OCH3 is 1. The second-order valence-corrected chi connectivity index (χ2v) is 5.34. The van der Waals surface area contributed by atoms with E-state index in [0.29, 0.717) is 37.3 Å². The second-order valence-electron chi connectivity index (χ2n) is 5.34. The number of carbonyl (C=O) groups excluding carboxylic acids is 3. The third-order valence-electron chi connectivity index (χ3n) is 3.70. The van der Waals surface area contributed by atoms with E-state index < -0.39 is 17.9 Å². The van der Waals surface area contributed by atoms with E-state index in [0.717, 1.165) is 18.2 Å². The van der Waals surface area contributed by atoms with Gasteiger partial charge in [0, 0.05) is 25.3 Å². The SMILES string of the molecule is C=CC(=O)OCC[N+](CCOC)(CCOC(=O)C=C)CCOC(=O)C=C. The van der Waals surface area contributed by atoms with E-state index in [2.05, 4.69) is 19.7 Å². The molecule has 0 fully saturated rings. The first kappa shape index (κ1) is 23.5. The summed E-state index contributed by atoms with van der Waals surface area (Å²) in [6.07, 6.45) is 3.25. The number of nitrogens with zero attached hydrogens (tertiary/aromatic N) is 1. The Morgan fingerprint density at radius 1 is 0.692 bits per heavy atom. The van der Waals surface area contributed by atoms with Crippen molar-refractivity contribution in [3.63, 3.8) is 0 Å². The fourth-order valence-corrected chi connectivity index (χ4v) is 2.15. The van der Waals surface area contributed by atoms with Crippen LogP contribution < -0.4 is 0 Å². The molecule has 8 heteroatoms. The zero-order chi connectivity index (χ0) is 19.8. The van der Waals surface area contributed by atoms with Crippen LogP contribution in [0.4, 0.5) is 0 Å². The van der Waals surface area contributed by atoms with Crippen LogP contribution in [0.25, 0.3) is 0 Å². The zero-order valence-electron chi connectivity index (χ0n) is 15.3. The van der Waals surface area contributed by atoms with Crippen molar-refractivity contribution in [3.05, 3.63) is 38.0 Å². The maximum absolute atomic E-state index is 11.3. The van der Waals surface area contributed by atoms with Gasteiger partial charge < -0.3 is 23.4 Å². The number of esters is 3. The molecule has 0 unspecified atom stereocenters. The van der Waals surface area contributed by atoms with Crippen molar-refractivity contribution in [2.75, 3.05) is 59.7 Å². The normalized spacial score (nSPS) is 10.5. The highest BCUT2D eigenvalue weighted by Gasteiger charge is 2.28. The molecule has 0 heterocycles. The molecule has 0 aliphatic heterocycles. The monoisotopic (exact) mass is 370 g/mol.